The second-order valence-electron chi connectivity index (χ2n) is 6.40. The lowest BCUT2D eigenvalue weighted by Crippen LogP contribution is -2.48. The summed E-state index contributed by atoms with van der Waals surface area (Å²) in [6, 6.07) is 9.24. The van der Waals surface area contributed by atoms with Gasteiger partial charge >= 0.3 is 0 Å². The first-order chi connectivity index (χ1) is 13.7. The van der Waals surface area contributed by atoms with Crippen molar-refractivity contribution >= 4 is 46.9 Å². The van der Waals surface area contributed by atoms with Gasteiger partial charge in [-0.2, -0.15) is 5.10 Å². The summed E-state index contributed by atoms with van der Waals surface area (Å²) >= 11 is 11.9. The quantitative estimate of drug-likeness (QED) is 0.390. The summed E-state index contributed by atoms with van der Waals surface area (Å²) in [6.45, 7) is 3.54. The van der Waals surface area contributed by atoms with Crippen LogP contribution in [-0.2, 0) is 4.79 Å². The van der Waals surface area contributed by atoms with Crippen molar-refractivity contribution in [1.29, 1.82) is 0 Å². The van der Waals surface area contributed by atoms with Crippen LogP contribution in [0.2, 0.25) is 10.0 Å². The molecule has 0 spiro atoms. The fraction of sp³-hybridized carbons (Fsp3) is 0.211. The van der Waals surface area contributed by atoms with Crippen molar-refractivity contribution in [3.63, 3.8) is 0 Å². The maximum atomic E-state index is 12.5. The van der Waals surface area contributed by atoms with Gasteiger partial charge in [0.1, 0.15) is 6.04 Å². The molecule has 2 rings (SSSR count). The van der Waals surface area contributed by atoms with Crippen molar-refractivity contribution in [3.05, 3.63) is 73.8 Å². The van der Waals surface area contributed by atoms with Gasteiger partial charge in [0.05, 0.1) is 21.7 Å². The Balaban J connectivity index is 2.03. The molecule has 10 heteroatoms. The Labute approximate surface area is 177 Å². The van der Waals surface area contributed by atoms with Crippen LogP contribution in [0.25, 0.3) is 0 Å². The van der Waals surface area contributed by atoms with E-state index in [4.69, 9.17) is 23.2 Å². The monoisotopic (exact) mass is 436 g/mol. The molecule has 0 bridgehead atoms. The molecule has 2 aromatic carbocycles. The minimum absolute atomic E-state index is 0.0466. The van der Waals surface area contributed by atoms with Crippen molar-refractivity contribution in [2.24, 2.45) is 11.0 Å². The number of nitro groups is 1. The van der Waals surface area contributed by atoms with Crippen LogP contribution in [-0.4, -0.2) is 29.0 Å². The molecule has 1 atom stereocenters. The standard InChI is InChI=1S/C19H18Cl2N4O4/c1-11(2)17(23-18(26)15-8-5-13(20)9-16(15)21)19(27)24-22-10-12-3-6-14(7-4-12)25(28)29/h3-11,17H,1-2H3,(H,23,26)(H,24,27)/b22-10-/t17-/m0/s1. The van der Waals surface area contributed by atoms with Crippen LogP contribution < -0.4 is 10.7 Å². The highest BCUT2D eigenvalue weighted by Crippen LogP contribution is 2.21. The van der Waals surface area contributed by atoms with Gasteiger partial charge in [0, 0.05) is 17.2 Å². The number of halogens is 2. The van der Waals surface area contributed by atoms with Gasteiger partial charge in [0.2, 0.25) is 0 Å². The molecule has 29 heavy (non-hydrogen) atoms. The average Bonchev–Trinajstić information content (AvgIpc) is 2.65. The van der Waals surface area contributed by atoms with E-state index in [1.165, 1.54) is 48.7 Å². The first kappa shape index (κ1) is 22.3. The number of hydrogen-bond donors (Lipinski definition) is 2. The zero-order valence-electron chi connectivity index (χ0n) is 15.6. The largest absolute Gasteiger partial charge is 0.340 e. The minimum atomic E-state index is -0.858. The van der Waals surface area contributed by atoms with E-state index >= 15 is 0 Å². The molecule has 0 saturated heterocycles. The summed E-state index contributed by atoms with van der Waals surface area (Å²) in [5, 5.41) is 17.7. The molecule has 0 aliphatic carbocycles. The number of carbonyl (C=O) groups excluding carboxylic acids is 2. The molecule has 152 valence electrons. The van der Waals surface area contributed by atoms with E-state index < -0.39 is 22.8 Å². The Morgan fingerprint density at radius 2 is 1.79 bits per heavy atom. The highest BCUT2D eigenvalue weighted by atomic mass is 35.5. The Morgan fingerprint density at radius 3 is 2.34 bits per heavy atom. The topological polar surface area (TPSA) is 114 Å². The molecule has 0 aliphatic heterocycles. The Morgan fingerprint density at radius 1 is 1.14 bits per heavy atom. The maximum absolute atomic E-state index is 12.5. The number of benzene rings is 2. The second kappa shape index (κ2) is 9.99. The van der Waals surface area contributed by atoms with Crippen LogP contribution in [0, 0.1) is 16.0 Å². The minimum Gasteiger partial charge on any atom is -0.340 e. The molecule has 2 N–H and O–H groups in total. The van der Waals surface area contributed by atoms with Crippen molar-refractivity contribution < 1.29 is 14.5 Å². The van der Waals surface area contributed by atoms with Crippen LogP contribution in [0.3, 0.4) is 0 Å². The predicted molar refractivity (Wildman–Crippen MR) is 111 cm³/mol. The fourth-order valence-electron chi connectivity index (χ4n) is 2.35. The van der Waals surface area contributed by atoms with Crippen LogP contribution in [0.5, 0.6) is 0 Å². The van der Waals surface area contributed by atoms with Gasteiger partial charge in [-0.15, -0.1) is 0 Å². The highest BCUT2D eigenvalue weighted by molar-refractivity contribution is 6.36. The molecule has 0 radical (unpaired) electrons. The summed E-state index contributed by atoms with van der Waals surface area (Å²) in [6.07, 6.45) is 1.34. The molecule has 0 aliphatic rings. The first-order valence-corrected chi connectivity index (χ1v) is 9.28. The lowest BCUT2D eigenvalue weighted by Gasteiger charge is -2.20. The highest BCUT2D eigenvalue weighted by Gasteiger charge is 2.25. The zero-order valence-corrected chi connectivity index (χ0v) is 17.1. The van der Waals surface area contributed by atoms with E-state index in [-0.39, 0.29) is 22.2 Å². The number of hydrazone groups is 1. The number of nitrogens with zero attached hydrogens (tertiary/aromatic N) is 2. The third-order valence-electron chi connectivity index (χ3n) is 3.90. The first-order valence-electron chi connectivity index (χ1n) is 8.52. The fourth-order valence-corrected chi connectivity index (χ4v) is 2.84. The van der Waals surface area contributed by atoms with E-state index in [0.717, 1.165) is 0 Å². The van der Waals surface area contributed by atoms with Crippen LogP contribution in [0.1, 0.15) is 29.8 Å². The average molecular weight is 437 g/mol. The Bertz CT molecular complexity index is 946. The number of carbonyl (C=O) groups is 2. The summed E-state index contributed by atoms with van der Waals surface area (Å²) in [5.41, 5.74) is 3.07. The number of nitro benzene ring substituents is 1. The molecule has 0 aromatic heterocycles. The molecule has 2 aromatic rings. The molecular weight excluding hydrogens is 419 g/mol. The summed E-state index contributed by atoms with van der Waals surface area (Å²) < 4.78 is 0. The summed E-state index contributed by atoms with van der Waals surface area (Å²) in [7, 11) is 0. The number of rotatable bonds is 7. The van der Waals surface area contributed by atoms with Gasteiger partial charge in [-0.25, -0.2) is 5.43 Å². The number of non-ortho nitro benzene ring substituents is 1. The smallest absolute Gasteiger partial charge is 0.269 e. The number of amides is 2. The third kappa shape index (κ3) is 6.27. The number of nitrogens with one attached hydrogen (secondary N) is 2. The molecule has 0 saturated carbocycles. The van der Waals surface area contributed by atoms with Crippen molar-refractivity contribution in [2.75, 3.05) is 0 Å². The lowest BCUT2D eigenvalue weighted by atomic mass is 10.0. The molecule has 8 nitrogen and oxygen atoms in total. The zero-order chi connectivity index (χ0) is 21.6. The Kier molecular flexibility index (Phi) is 7.69. The van der Waals surface area contributed by atoms with Gasteiger partial charge in [0.25, 0.3) is 17.5 Å². The van der Waals surface area contributed by atoms with Gasteiger partial charge in [-0.3, -0.25) is 19.7 Å². The summed E-state index contributed by atoms with van der Waals surface area (Å²) in [5.74, 6) is -1.25. The van der Waals surface area contributed by atoms with E-state index in [2.05, 4.69) is 15.8 Å². The molecule has 0 unspecified atom stereocenters. The van der Waals surface area contributed by atoms with Gasteiger partial charge < -0.3 is 5.32 Å². The van der Waals surface area contributed by atoms with E-state index in [1.54, 1.807) is 13.8 Å². The summed E-state index contributed by atoms with van der Waals surface area (Å²) in [4.78, 5) is 35.0. The van der Waals surface area contributed by atoms with Crippen molar-refractivity contribution in [1.82, 2.24) is 10.7 Å². The molecule has 0 heterocycles. The molecule has 0 fully saturated rings. The molecule has 2 amide bonds. The van der Waals surface area contributed by atoms with E-state index in [1.807, 2.05) is 0 Å². The van der Waals surface area contributed by atoms with Gasteiger partial charge in [-0.05, 0) is 41.8 Å². The van der Waals surface area contributed by atoms with Crippen LogP contribution >= 0.6 is 23.2 Å². The van der Waals surface area contributed by atoms with E-state index in [9.17, 15) is 19.7 Å². The maximum Gasteiger partial charge on any atom is 0.269 e. The van der Waals surface area contributed by atoms with Gasteiger partial charge in [0.15, 0.2) is 0 Å². The Hall–Kier alpha value is -2.97. The van der Waals surface area contributed by atoms with Crippen molar-refractivity contribution in [3.8, 4) is 0 Å². The predicted octanol–water partition coefficient (Wildman–Crippen LogP) is 3.81. The van der Waals surface area contributed by atoms with Crippen LogP contribution in [0.4, 0.5) is 5.69 Å². The second-order valence-corrected chi connectivity index (χ2v) is 7.25. The molecular formula is C19H18Cl2N4O4. The lowest BCUT2D eigenvalue weighted by molar-refractivity contribution is -0.384. The number of hydrogen-bond acceptors (Lipinski definition) is 5. The van der Waals surface area contributed by atoms with Crippen LogP contribution in [0.15, 0.2) is 47.6 Å². The van der Waals surface area contributed by atoms with E-state index in [0.29, 0.717) is 10.6 Å². The normalized spacial score (nSPS) is 12.0. The third-order valence-corrected chi connectivity index (χ3v) is 4.45. The van der Waals surface area contributed by atoms with Crippen molar-refractivity contribution in [2.45, 2.75) is 19.9 Å². The SMILES string of the molecule is CC(C)[C@H](NC(=O)c1ccc(Cl)cc1Cl)C(=O)N/N=C\c1ccc([N+](=O)[O-])cc1. The van der Waals surface area contributed by atoms with Gasteiger partial charge in [-0.1, -0.05) is 37.0 Å².